The molecule has 0 radical (unpaired) electrons. The first-order valence-electron chi connectivity index (χ1n) is 8.71. The van der Waals surface area contributed by atoms with Crippen molar-refractivity contribution in [3.8, 4) is 0 Å². The fourth-order valence-corrected chi connectivity index (χ4v) is 3.74. The van der Waals surface area contributed by atoms with E-state index in [1.165, 1.54) is 0 Å². The minimum atomic E-state index is 0.0432. The standard InChI is InChI=1S/C20H17N5O/c26-19(16-11-14-3-1-2-4-17(14)23-12-16)24-9-6-15(13-24)18-5-7-21-20-22-8-10-25(18)20/h1-5,7-8,10-12,15H,6,9,13H2/t15-/m1/s1. The van der Waals surface area contributed by atoms with Crippen LogP contribution in [0.4, 0.5) is 0 Å². The highest BCUT2D eigenvalue weighted by atomic mass is 16.2. The summed E-state index contributed by atoms with van der Waals surface area (Å²) in [7, 11) is 0. The lowest BCUT2D eigenvalue weighted by Gasteiger charge is -2.17. The third kappa shape index (κ3) is 2.42. The van der Waals surface area contributed by atoms with Crippen LogP contribution in [0.1, 0.15) is 28.4 Å². The molecule has 0 aliphatic carbocycles. The van der Waals surface area contributed by atoms with Crippen molar-refractivity contribution in [1.29, 1.82) is 0 Å². The molecule has 1 aliphatic rings. The molecule has 0 saturated carbocycles. The second-order valence-electron chi connectivity index (χ2n) is 6.62. The number of aromatic nitrogens is 4. The lowest BCUT2D eigenvalue weighted by atomic mass is 10.0. The maximum absolute atomic E-state index is 12.9. The number of carbonyl (C=O) groups excluding carboxylic acids is 1. The lowest BCUT2D eigenvalue weighted by molar-refractivity contribution is 0.0790. The number of carbonyl (C=O) groups is 1. The molecule has 6 nitrogen and oxygen atoms in total. The smallest absolute Gasteiger partial charge is 0.255 e. The zero-order valence-electron chi connectivity index (χ0n) is 14.1. The Balaban J connectivity index is 1.41. The number of benzene rings is 1. The molecule has 0 N–H and O–H groups in total. The van der Waals surface area contributed by atoms with Crippen molar-refractivity contribution in [3.63, 3.8) is 0 Å². The summed E-state index contributed by atoms with van der Waals surface area (Å²) < 4.78 is 2.01. The van der Waals surface area contributed by atoms with E-state index in [0.29, 0.717) is 17.9 Å². The lowest BCUT2D eigenvalue weighted by Crippen LogP contribution is -2.28. The molecule has 1 amide bonds. The van der Waals surface area contributed by atoms with E-state index in [0.717, 1.165) is 29.6 Å². The van der Waals surface area contributed by atoms with Gasteiger partial charge >= 0.3 is 0 Å². The molecule has 26 heavy (non-hydrogen) atoms. The van der Waals surface area contributed by atoms with Gasteiger partial charge in [0, 0.05) is 54.9 Å². The Morgan fingerprint density at radius 3 is 2.92 bits per heavy atom. The molecule has 0 bridgehead atoms. The molecule has 1 saturated heterocycles. The average molecular weight is 343 g/mol. The van der Waals surface area contributed by atoms with E-state index in [-0.39, 0.29) is 11.8 Å². The third-order valence-corrected chi connectivity index (χ3v) is 5.07. The first-order valence-corrected chi connectivity index (χ1v) is 8.71. The third-order valence-electron chi connectivity index (χ3n) is 5.07. The number of nitrogens with zero attached hydrogens (tertiary/aromatic N) is 5. The highest BCUT2D eigenvalue weighted by Gasteiger charge is 2.29. The van der Waals surface area contributed by atoms with E-state index in [1.807, 2.05) is 51.9 Å². The molecule has 5 rings (SSSR count). The van der Waals surface area contributed by atoms with Crippen LogP contribution in [0.5, 0.6) is 0 Å². The summed E-state index contributed by atoms with van der Waals surface area (Å²) in [6.07, 6.45) is 8.08. The van der Waals surface area contributed by atoms with Crippen molar-refractivity contribution in [2.75, 3.05) is 13.1 Å². The molecule has 3 aromatic heterocycles. The van der Waals surface area contributed by atoms with Gasteiger partial charge in [0.05, 0.1) is 11.1 Å². The largest absolute Gasteiger partial charge is 0.338 e. The van der Waals surface area contributed by atoms with Crippen LogP contribution in [0.2, 0.25) is 0 Å². The first kappa shape index (κ1) is 15.0. The summed E-state index contributed by atoms with van der Waals surface area (Å²) in [4.78, 5) is 27.8. The summed E-state index contributed by atoms with van der Waals surface area (Å²) in [5, 5.41) is 0.989. The topological polar surface area (TPSA) is 63.4 Å². The molecule has 0 spiro atoms. The minimum absolute atomic E-state index is 0.0432. The molecule has 128 valence electrons. The van der Waals surface area contributed by atoms with E-state index in [9.17, 15) is 4.79 Å². The van der Waals surface area contributed by atoms with Crippen molar-refractivity contribution in [2.24, 2.45) is 0 Å². The van der Waals surface area contributed by atoms with E-state index in [1.54, 1.807) is 18.6 Å². The Kier molecular flexibility index (Phi) is 3.41. The highest BCUT2D eigenvalue weighted by molar-refractivity contribution is 5.97. The number of hydrogen-bond donors (Lipinski definition) is 0. The van der Waals surface area contributed by atoms with Gasteiger partial charge in [-0.1, -0.05) is 18.2 Å². The number of rotatable bonds is 2. The van der Waals surface area contributed by atoms with Gasteiger partial charge in [0.2, 0.25) is 5.78 Å². The van der Waals surface area contributed by atoms with Gasteiger partial charge in [-0.3, -0.25) is 14.2 Å². The molecule has 1 aromatic carbocycles. The minimum Gasteiger partial charge on any atom is -0.338 e. The molecule has 6 heteroatoms. The molecule has 1 fully saturated rings. The quantitative estimate of drug-likeness (QED) is 0.561. The average Bonchev–Trinajstić information content (AvgIpc) is 3.36. The fourth-order valence-electron chi connectivity index (χ4n) is 3.74. The van der Waals surface area contributed by atoms with Crippen LogP contribution >= 0.6 is 0 Å². The summed E-state index contributed by atoms with van der Waals surface area (Å²) in [5.74, 6) is 1.03. The number of hydrogen-bond acceptors (Lipinski definition) is 4. The van der Waals surface area contributed by atoms with Crippen molar-refractivity contribution >= 4 is 22.6 Å². The van der Waals surface area contributed by atoms with Gasteiger partial charge in [-0.05, 0) is 24.6 Å². The van der Waals surface area contributed by atoms with Gasteiger partial charge in [-0.25, -0.2) is 9.97 Å². The Morgan fingerprint density at radius 1 is 1.08 bits per heavy atom. The molecule has 1 atom stereocenters. The number of para-hydroxylation sites is 1. The maximum atomic E-state index is 12.9. The molecular weight excluding hydrogens is 326 g/mol. The van der Waals surface area contributed by atoms with Gasteiger partial charge in [0.1, 0.15) is 0 Å². The van der Waals surface area contributed by atoms with Gasteiger partial charge in [-0.15, -0.1) is 0 Å². The van der Waals surface area contributed by atoms with Crippen LogP contribution in [0.3, 0.4) is 0 Å². The van der Waals surface area contributed by atoms with E-state index in [4.69, 9.17) is 0 Å². The zero-order valence-corrected chi connectivity index (χ0v) is 14.1. The normalized spacial score (nSPS) is 17.2. The van der Waals surface area contributed by atoms with Crippen LogP contribution in [0.25, 0.3) is 16.7 Å². The van der Waals surface area contributed by atoms with Crippen LogP contribution in [-0.4, -0.2) is 43.2 Å². The number of amides is 1. The van der Waals surface area contributed by atoms with Crippen LogP contribution in [-0.2, 0) is 0 Å². The van der Waals surface area contributed by atoms with E-state index >= 15 is 0 Å². The summed E-state index contributed by atoms with van der Waals surface area (Å²) >= 11 is 0. The summed E-state index contributed by atoms with van der Waals surface area (Å²) in [6, 6.07) is 11.8. The number of fused-ring (bicyclic) bond motifs is 2. The summed E-state index contributed by atoms with van der Waals surface area (Å²) in [5.41, 5.74) is 2.70. The fraction of sp³-hybridized carbons (Fsp3) is 0.200. The molecule has 1 aliphatic heterocycles. The Morgan fingerprint density at radius 2 is 1.96 bits per heavy atom. The van der Waals surface area contributed by atoms with Crippen LogP contribution in [0, 0.1) is 0 Å². The Hall–Kier alpha value is -3.28. The Bertz CT molecular complexity index is 1120. The summed E-state index contributed by atoms with van der Waals surface area (Å²) in [6.45, 7) is 1.44. The molecular formula is C20H17N5O. The van der Waals surface area contributed by atoms with E-state index < -0.39 is 0 Å². The van der Waals surface area contributed by atoms with Crippen molar-refractivity contribution in [2.45, 2.75) is 12.3 Å². The SMILES string of the molecule is O=C(c1cnc2ccccc2c1)N1CC[C@@H](c2ccnc3nccn23)C1. The monoisotopic (exact) mass is 343 g/mol. The first-order chi connectivity index (χ1) is 12.8. The number of imidazole rings is 1. The van der Waals surface area contributed by atoms with Gasteiger partial charge in [0.15, 0.2) is 0 Å². The predicted molar refractivity (Wildman–Crippen MR) is 98.0 cm³/mol. The van der Waals surface area contributed by atoms with Crippen molar-refractivity contribution in [1.82, 2.24) is 24.3 Å². The van der Waals surface area contributed by atoms with Crippen LogP contribution in [0.15, 0.2) is 61.2 Å². The van der Waals surface area contributed by atoms with Gasteiger partial charge in [0.25, 0.3) is 5.91 Å². The van der Waals surface area contributed by atoms with Crippen molar-refractivity contribution < 1.29 is 4.79 Å². The number of likely N-dealkylation sites (tertiary alicyclic amines) is 1. The molecule has 0 unspecified atom stereocenters. The number of pyridine rings is 1. The van der Waals surface area contributed by atoms with Gasteiger partial charge in [-0.2, -0.15) is 0 Å². The predicted octanol–water partition coefficient (Wildman–Crippen LogP) is 2.91. The second-order valence-corrected chi connectivity index (χ2v) is 6.62. The van der Waals surface area contributed by atoms with E-state index in [2.05, 4.69) is 15.0 Å². The van der Waals surface area contributed by atoms with Crippen molar-refractivity contribution in [3.05, 3.63) is 72.4 Å². The second kappa shape index (κ2) is 5.91. The Labute approximate surface area is 150 Å². The van der Waals surface area contributed by atoms with Crippen LogP contribution < -0.4 is 0 Å². The highest BCUT2D eigenvalue weighted by Crippen LogP contribution is 2.28. The molecule has 4 heterocycles. The maximum Gasteiger partial charge on any atom is 0.255 e. The zero-order chi connectivity index (χ0) is 17.5. The van der Waals surface area contributed by atoms with Gasteiger partial charge < -0.3 is 4.90 Å². The molecule has 4 aromatic rings.